The van der Waals surface area contributed by atoms with E-state index in [1.54, 1.807) is 4.90 Å². The molecule has 0 bridgehead atoms. The highest BCUT2D eigenvalue weighted by Crippen LogP contribution is 2.26. The molecule has 0 aromatic heterocycles. The fourth-order valence-corrected chi connectivity index (χ4v) is 3.00. The Balaban J connectivity index is 1.56. The summed E-state index contributed by atoms with van der Waals surface area (Å²) in [6.45, 7) is 1.85. The fraction of sp³-hybridized carbons (Fsp3) is 0.286. The Morgan fingerprint density at radius 2 is 1.78 bits per heavy atom. The summed E-state index contributed by atoms with van der Waals surface area (Å²) in [7, 11) is 0. The minimum absolute atomic E-state index is 0.0547. The first-order chi connectivity index (χ1) is 13.0. The van der Waals surface area contributed by atoms with Gasteiger partial charge in [0.15, 0.2) is 12.4 Å². The molecule has 2 aromatic carbocycles. The van der Waals surface area contributed by atoms with Crippen LogP contribution in [0.1, 0.15) is 29.3 Å². The molecule has 1 heterocycles. The summed E-state index contributed by atoms with van der Waals surface area (Å²) >= 11 is 0. The molecule has 0 spiro atoms. The first-order valence-corrected chi connectivity index (χ1v) is 8.82. The van der Waals surface area contributed by atoms with E-state index in [0.29, 0.717) is 0 Å². The number of hydrogen-bond acceptors (Lipinski definition) is 4. The van der Waals surface area contributed by atoms with Gasteiger partial charge in [0.2, 0.25) is 5.91 Å². The highest BCUT2D eigenvalue weighted by Gasteiger charge is 2.36. The van der Waals surface area contributed by atoms with Gasteiger partial charge in [0.25, 0.3) is 0 Å². The zero-order chi connectivity index (χ0) is 19.4. The number of anilines is 1. The predicted molar refractivity (Wildman–Crippen MR) is 98.0 cm³/mol. The average molecular weight is 369 g/mol. The van der Waals surface area contributed by atoms with Crippen molar-refractivity contribution in [1.82, 2.24) is 0 Å². The Bertz CT molecular complexity index is 845. The third-order valence-corrected chi connectivity index (χ3v) is 4.63. The van der Waals surface area contributed by atoms with Crippen molar-refractivity contribution in [2.45, 2.75) is 19.8 Å². The van der Waals surface area contributed by atoms with Crippen LogP contribution in [0.4, 0.5) is 10.1 Å². The van der Waals surface area contributed by atoms with E-state index >= 15 is 0 Å². The number of Topliss-reactive ketones (excluding diaryl/α,β-unsaturated/α-hetero) is 1. The molecule has 1 amide bonds. The van der Waals surface area contributed by atoms with E-state index in [9.17, 15) is 18.8 Å². The highest BCUT2D eigenvalue weighted by molar-refractivity contribution is 6.01. The van der Waals surface area contributed by atoms with Crippen molar-refractivity contribution in [2.24, 2.45) is 5.92 Å². The molecule has 1 aliphatic heterocycles. The topological polar surface area (TPSA) is 63.7 Å². The molecule has 1 atom stereocenters. The molecule has 27 heavy (non-hydrogen) atoms. The molecule has 3 rings (SSSR count). The number of amides is 1. The van der Waals surface area contributed by atoms with Gasteiger partial charge < -0.3 is 9.64 Å². The summed E-state index contributed by atoms with van der Waals surface area (Å²) < 4.78 is 18.0. The molecule has 0 unspecified atom stereocenters. The van der Waals surface area contributed by atoms with Crippen LogP contribution >= 0.6 is 0 Å². The van der Waals surface area contributed by atoms with Crippen LogP contribution in [-0.4, -0.2) is 30.8 Å². The zero-order valence-electron chi connectivity index (χ0n) is 15.0. The number of benzene rings is 2. The summed E-state index contributed by atoms with van der Waals surface area (Å²) in [5.41, 5.74) is 2.18. The average Bonchev–Trinajstić information content (AvgIpc) is 3.08. The molecule has 2 aromatic rings. The number of carbonyl (C=O) groups excluding carboxylic acids is 3. The van der Waals surface area contributed by atoms with Crippen molar-refractivity contribution in [2.75, 3.05) is 18.1 Å². The van der Waals surface area contributed by atoms with Gasteiger partial charge in [-0.3, -0.25) is 14.4 Å². The molecule has 0 radical (unpaired) electrons. The van der Waals surface area contributed by atoms with Crippen molar-refractivity contribution in [3.05, 3.63) is 65.5 Å². The van der Waals surface area contributed by atoms with Gasteiger partial charge in [-0.15, -0.1) is 0 Å². The van der Waals surface area contributed by atoms with Crippen LogP contribution in [0.25, 0.3) is 0 Å². The Morgan fingerprint density at radius 1 is 1.11 bits per heavy atom. The summed E-state index contributed by atoms with van der Waals surface area (Å²) in [6, 6.07) is 12.7. The lowest BCUT2D eigenvalue weighted by Crippen LogP contribution is -2.27. The second kappa shape index (κ2) is 8.12. The van der Waals surface area contributed by atoms with Gasteiger partial charge in [0.1, 0.15) is 5.82 Å². The smallest absolute Gasteiger partial charge is 0.311 e. The number of ether oxygens (including phenoxy) is 1. The number of carbonyl (C=O) groups is 3. The molecule has 5 nitrogen and oxygen atoms in total. The first kappa shape index (κ1) is 18.8. The van der Waals surface area contributed by atoms with E-state index in [4.69, 9.17) is 4.74 Å². The maximum absolute atomic E-state index is 12.9. The number of ketones is 1. The SMILES string of the molecule is CCc1ccc(N2C[C@H](C(=O)OCC(=O)c3ccc(F)cc3)CC2=O)cc1. The molecule has 0 aliphatic carbocycles. The number of halogens is 1. The monoisotopic (exact) mass is 369 g/mol. The van der Waals surface area contributed by atoms with E-state index in [0.717, 1.165) is 12.1 Å². The maximum atomic E-state index is 12.9. The zero-order valence-corrected chi connectivity index (χ0v) is 15.0. The molecular weight excluding hydrogens is 349 g/mol. The van der Waals surface area contributed by atoms with Gasteiger partial charge in [-0.05, 0) is 48.4 Å². The number of aryl methyl sites for hydroxylation is 1. The number of rotatable bonds is 6. The normalized spacial score (nSPS) is 16.4. The van der Waals surface area contributed by atoms with Crippen molar-refractivity contribution in [3.8, 4) is 0 Å². The third kappa shape index (κ3) is 4.39. The van der Waals surface area contributed by atoms with Crippen LogP contribution in [-0.2, 0) is 20.7 Å². The van der Waals surface area contributed by atoms with Gasteiger partial charge in [0, 0.05) is 24.2 Å². The molecule has 1 aliphatic rings. The van der Waals surface area contributed by atoms with Gasteiger partial charge in [0.05, 0.1) is 5.92 Å². The number of nitrogens with zero attached hydrogens (tertiary/aromatic N) is 1. The quantitative estimate of drug-likeness (QED) is 0.580. The predicted octanol–water partition coefficient (Wildman–Crippen LogP) is 3.17. The molecular formula is C21H20FNO4. The van der Waals surface area contributed by atoms with Crippen molar-refractivity contribution in [1.29, 1.82) is 0 Å². The van der Waals surface area contributed by atoms with Crippen LogP contribution in [0.5, 0.6) is 0 Å². The van der Waals surface area contributed by atoms with E-state index in [-0.39, 0.29) is 24.4 Å². The van der Waals surface area contributed by atoms with Crippen molar-refractivity contribution >= 4 is 23.3 Å². The van der Waals surface area contributed by atoms with E-state index in [1.807, 2.05) is 24.3 Å². The third-order valence-electron chi connectivity index (χ3n) is 4.63. The van der Waals surface area contributed by atoms with Crippen molar-refractivity contribution in [3.63, 3.8) is 0 Å². The molecule has 0 N–H and O–H groups in total. The van der Waals surface area contributed by atoms with Gasteiger partial charge in [-0.25, -0.2) is 4.39 Å². The van der Waals surface area contributed by atoms with Gasteiger partial charge in [-0.1, -0.05) is 19.1 Å². The lowest BCUT2D eigenvalue weighted by molar-refractivity contribution is -0.147. The first-order valence-electron chi connectivity index (χ1n) is 8.82. The Hall–Kier alpha value is -3.02. The second-order valence-electron chi connectivity index (χ2n) is 6.46. The van der Waals surface area contributed by atoms with Gasteiger partial charge >= 0.3 is 5.97 Å². The molecule has 1 fully saturated rings. The maximum Gasteiger partial charge on any atom is 0.311 e. The molecule has 1 saturated heterocycles. The lowest BCUT2D eigenvalue weighted by Gasteiger charge is -2.17. The fourth-order valence-electron chi connectivity index (χ4n) is 3.00. The lowest BCUT2D eigenvalue weighted by atomic mass is 10.1. The molecule has 6 heteroatoms. The van der Waals surface area contributed by atoms with Crippen LogP contribution in [0.3, 0.4) is 0 Å². The highest BCUT2D eigenvalue weighted by atomic mass is 19.1. The Kier molecular flexibility index (Phi) is 5.64. The van der Waals surface area contributed by atoms with Crippen molar-refractivity contribution < 1.29 is 23.5 Å². The summed E-state index contributed by atoms with van der Waals surface area (Å²) in [5.74, 6) is -2.19. The van der Waals surface area contributed by atoms with E-state index in [2.05, 4.69) is 6.92 Å². The van der Waals surface area contributed by atoms with E-state index < -0.39 is 30.1 Å². The number of esters is 1. The second-order valence-corrected chi connectivity index (χ2v) is 6.46. The Morgan fingerprint density at radius 3 is 2.41 bits per heavy atom. The Labute approximate surface area is 156 Å². The van der Waals surface area contributed by atoms with Crippen LogP contribution in [0.15, 0.2) is 48.5 Å². The van der Waals surface area contributed by atoms with Gasteiger partial charge in [-0.2, -0.15) is 0 Å². The van der Waals surface area contributed by atoms with Crippen LogP contribution in [0, 0.1) is 11.7 Å². The minimum Gasteiger partial charge on any atom is -0.457 e. The number of hydrogen-bond donors (Lipinski definition) is 0. The van der Waals surface area contributed by atoms with E-state index in [1.165, 1.54) is 29.8 Å². The largest absolute Gasteiger partial charge is 0.457 e. The van der Waals surface area contributed by atoms with Crippen LogP contribution in [0.2, 0.25) is 0 Å². The van der Waals surface area contributed by atoms with Crippen LogP contribution < -0.4 is 4.90 Å². The molecule has 0 saturated carbocycles. The summed E-state index contributed by atoms with van der Waals surface area (Å²) in [4.78, 5) is 38.1. The standard InChI is InChI=1S/C21H20FNO4/c1-2-14-3-9-18(10-4-14)23-12-16(11-20(23)25)21(26)27-13-19(24)15-5-7-17(22)8-6-15/h3-10,16H,2,11-13H2,1H3/t16-/m1/s1. The minimum atomic E-state index is -0.607. The summed E-state index contributed by atoms with van der Waals surface area (Å²) in [6.07, 6.45) is 0.963. The molecule has 140 valence electrons. The summed E-state index contributed by atoms with van der Waals surface area (Å²) in [5, 5.41) is 0.